The van der Waals surface area contributed by atoms with Crippen LogP contribution in [0.3, 0.4) is 0 Å². The van der Waals surface area contributed by atoms with Crippen molar-refractivity contribution in [1.82, 2.24) is 4.90 Å². The van der Waals surface area contributed by atoms with Crippen molar-refractivity contribution in [2.24, 2.45) is 11.8 Å². The first-order chi connectivity index (χ1) is 14.5. The molecule has 1 rings (SSSR count). The van der Waals surface area contributed by atoms with E-state index in [0.29, 0.717) is 24.7 Å². The number of unbranched alkanes of at least 4 members (excludes halogenated alkanes) is 2. The number of nitrogens with zero attached hydrogens (tertiary/aromatic N) is 1. The fraction of sp³-hybridized carbons (Fsp3) is 0.769. The van der Waals surface area contributed by atoms with Crippen molar-refractivity contribution in [3.63, 3.8) is 0 Å². The number of amides is 1. The maximum atomic E-state index is 13.2. The van der Waals surface area contributed by atoms with E-state index < -0.39 is 0 Å². The van der Waals surface area contributed by atoms with Gasteiger partial charge in [0.1, 0.15) is 0 Å². The molecule has 1 amide bonds. The van der Waals surface area contributed by atoms with Crippen molar-refractivity contribution in [3.05, 3.63) is 21.9 Å². The van der Waals surface area contributed by atoms with Gasteiger partial charge in [0.2, 0.25) is 5.91 Å². The molecule has 2 atom stereocenters. The lowest BCUT2D eigenvalue weighted by Crippen LogP contribution is -2.39. The van der Waals surface area contributed by atoms with Gasteiger partial charge in [-0.2, -0.15) is 0 Å². The van der Waals surface area contributed by atoms with E-state index in [2.05, 4.69) is 39.5 Å². The van der Waals surface area contributed by atoms with E-state index in [9.17, 15) is 9.59 Å². The molecule has 3 nitrogen and oxygen atoms in total. The normalized spacial score (nSPS) is 13.2. The summed E-state index contributed by atoms with van der Waals surface area (Å²) >= 11 is 1.51. The number of thiophene rings is 1. The molecule has 0 radical (unpaired) electrons. The van der Waals surface area contributed by atoms with Gasteiger partial charge < -0.3 is 4.90 Å². The van der Waals surface area contributed by atoms with Crippen LogP contribution in [0, 0.1) is 11.8 Å². The summed E-state index contributed by atoms with van der Waals surface area (Å²) in [5.41, 5.74) is 1.12. The fourth-order valence-electron chi connectivity index (χ4n) is 4.09. The van der Waals surface area contributed by atoms with Gasteiger partial charge in [-0.3, -0.25) is 9.59 Å². The molecule has 0 aliphatic heterocycles. The van der Waals surface area contributed by atoms with Crippen LogP contribution in [0.1, 0.15) is 114 Å². The Kier molecular flexibility index (Phi) is 14.0. The lowest BCUT2D eigenvalue weighted by atomic mass is 9.95. The lowest BCUT2D eigenvalue weighted by molar-refractivity contribution is -0.132. The largest absolute Gasteiger partial charge is 0.342 e. The van der Waals surface area contributed by atoms with Gasteiger partial charge in [0, 0.05) is 25.9 Å². The minimum absolute atomic E-state index is 0.131. The summed E-state index contributed by atoms with van der Waals surface area (Å²) in [6, 6.07) is 2.03. The summed E-state index contributed by atoms with van der Waals surface area (Å²) in [6.45, 7) is 12.7. The van der Waals surface area contributed by atoms with Crippen LogP contribution in [0.5, 0.6) is 0 Å². The predicted molar refractivity (Wildman–Crippen MR) is 130 cm³/mol. The van der Waals surface area contributed by atoms with Crippen LogP contribution in [0.2, 0.25) is 0 Å². The Morgan fingerprint density at radius 3 is 1.93 bits per heavy atom. The van der Waals surface area contributed by atoms with E-state index in [-0.39, 0.29) is 11.7 Å². The van der Waals surface area contributed by atoms with Crippen LogP contribution in [-0.2, 0) is 11.2 Å². The third-order valence-electron chi connectivity index (χ3n) is 6.34. The lowest BCUT2D eigenvalue weighted by Gasteiger charge is -2.31. The molecule has 0 spiro atoms. The Bertz CT molecular complexity index is 592. The number of aryl methyl sites for hydroxylation is 1. The Hall–Kier alpha value is -1.16. The van der Waals surface area contributed by atoms with Gasteiger partial charge in [0.05, 0.1) is 4.88 Å². The molecule has 0 saturated heterocycles. The summed E-state index contributed by atoms with van der Waals surface area (Å²) in [7, 11) is 0. The predicted octanol–water partition coefficient (Wildman–Crippen LogP) is 7.53. The smallest absolute Gasteiger partial charge is 0.223 e. The minimum Gasteiger partial charge on any atom is -0.342 e. The van der Waals surface area contributed by atoms with Gasteiger partial charge in [-0.25, -0.2) is 0 Å². The maximum absolute atomic E-state index is 13.2. The Labute approximate surface area is 189 Å². The molecule has 1 heterocycles. The molecule has 0 bridgehead atoms. The van der Waals surface area contributed by atoms with Crippen molar-refractivity contribution >= 4 is 23.0 Å². The second kappa shape index (κ2) is 15.6. The summed E-state index contributed by atoms with van der Waals surface area (Å²) in [5, 5.41) is 1.99. The zero-order chi connectivity index (χ0) is 22.4. The molecular weight excluding hydrogens is 390 g/mol. The SMILES string of the molecule is CCCCC(CC)CN(CC(CC)CCCC)C(=O)CCC(=O)c1sccc1CC. The number of Topliss-reactive ketones (excluding diaryl/α,β-unsaturated/α-hetero) is 1. The van der Waals surface area contributed by atoms with Gasteiger partial charge >= 0.3 is 0 Å². The number of ketones is 1. The van der Waals surface area contributed by atoms with E-state index in [1.807, 2.05) is 11.4 Å². The van der Waals surface area contributed by atoms with Crippen molar-refractivity contribution in [3.8, 4) is 0 Å². The summed E-state index contributed by atoms with van der Waals surface area (Å²) < 4.78 is 0. The molecule has 0 aliphatic carbocycles. The average molecular weight is 436 g/mol. The highest BCUT2D eigenvalue weighted by Gasteiger charge is 2.22. The highest BCUT2D eigenvalue weighted by molar-refractivity contribution is 7.12. The molecular formula is C26H45NO2S. The van der Waals surface area contributed by atoms with E-state index in [4.69, 9.17) is 0 Å². The van der Waals surface area contributed by atoms with E-state index in [1.54, 1.807) is 0 Å². The highest BCUT2D eigenvalue weighted by atomic mass is 32.1. The maximum Gasteiger partial charge on any atom is 0.223 e. The number of carbonyl (C=O) groups excluding carboxylic acids is 2. The van der Waals surface area contributed by atoms with Gasteiger partial charge in [-0.1, -0.05) is 73.1 Å². The van der Waals surface area contributed by atoms with Crippen molar-refractivity contribution < 1.29 is 9.59 Å². The quantitative estimate of drug-likeness (QED) is 0.237. The van der Waals surface area contributed by atoms with Crippen LogP contribution >= 0.6 is 11.3 Å². The molecule has 2 unspecified atom stereocenters. The second-order valence-electron chi connectivity index (χ2n) is 8.68. The standard InChI is InChI=1S/C26H45NO2S/c1-6-11-13-21(8-3)19-27(20-22(9-4)14-12-7-2)25(29)16-15-24(28)26-23(10-5)17-18-30-26/h17-18,21-22H,6-16,19-20H2,1-5H3. The molecule has 1 aromatic rings. The van der Waals surface area contributed by atoms with Gasteiger partial charge in [-0.15, -0.1) is 11.3 Å². The number of hydrogen-bond donors (Lipinski definition) is 0. The summed E-state index contributed by atoms with van der Waals surface area (Å²) in [6.07, 6.45) is 11.0. The Morgan fingerprint density at radius 1 is 0.900 bits per heavy atom. The topological polar surface area (TPSA) is 37.4 Å². The van der Waals surface area contributed by atoms with Crippen LogP contribution in [0.15, 0.2) is 11.4 Å². The Morgan fingerprint density at radius 2 is 1.47 bits per heavy atom. The molecule has 0 fully saturated rings. The van der Waals surface area contributed by atoms with Gasteiger partial charge in [0.15, 0.2) is 5.78 Å². The molecule has 172 valence electrons. The van der Waals surface area contributed by atoms with Gasteiger partial charge in [-0.05, 0) is 48.1 Å². The first-order valence-corrected chi connectivity index (χ1v) is 13.3. The van der Waals surface area contributed by atoms with E-state index >= 15 is 0 Å². The van der Waals surface area contributed by atoms with Crippen LogP contribution in [0.4, 0.5) is 0 Å². The first-order valence-electron chi connectivity index (χ1n) is 12.4. The monoisotopic (exact) mass is 435 g/mol. The highest BCUT2D eigenvalue weighted by Crippen LogP contribution is 2.22. The zero-order valence-corrected chi connectivity index (χ0v) is 21.0. The van der Waals surface area contributed by atoms with E-state index in [1.165, 1.54) is 49.9 Å². The van der Waals surface area contributed by atoms with Crippen molar-refractivity contribution in [1.29, 1.82) is 0 Å². The first kappa shape index (κ1) is 26.9. The van der Waals surface area contributed by atoms with Crippen LogP contribution in [0.25, 0.3) is 0 Å². The van der Waals surface area contributed by atoms with Gasteiger partial charge in [0.25, 0.3) is 0 Å². The van der Waals surface area contributed by atoms with Crippen molar-refractivity contribution in [2.75, 3.05) is 13.1 Å². The summed E-state index contributed by atoms with van der Waals surface area (Å²) in [4.78, 5) is 28.8. The minimum atomic E-state index is 0.131. The number of hydrogen-bond acceptors (Lipinski definition) is 3. The molecule has 1 aromatic heterocycles. The molecule has 0 aromatic carbocycles. The Balaban J connectivity index is 2.79. The fourth-order valence-corrected chi connectivity index (χ4v) is 5.05. The third kappa shape index (κ3) is 9.32. The molecule has 0 N–H and O–H groups in total. The second-order valence-corrected chi connectivity index (χ2v) is 9.60. The van der Waals surface area contributed by atoms with Crippen molar-refractivity contribution in [2.45, 2.75) is 105 Å². The summed E-state index contributed by atoms with van der Waals surface area (Å²) in [5.74, 6) is 1.43. The molecule has 0 saturated carbocycles. The molecule has 30 heavy (non-hydrogen) atoms. The van der Waals surface area contributed by atoms with E-state index in [0.717, 1.165) is 42.8 Å². The number of rotatable bonds is 17. The molecule has 0 aliphatic rings. The third-order valence-corrected chi connectivity index (χ3v) is 7.34. The molecule has 4 heteroatoms. The average Bonchev–Trinajstić information content (AvgIpc) is 3.25. The van der Waals surface area contributed by atoms with Crippen LogP contribution in [-0.4, -0.2) is 29.7 Å². The number of carbonyl (C=O) groups is 2. The van der Waals surface area contributed by atoms with Crippen LogP contribution < -0.4 is 0 Å². The zero-order valence-electron chi connectivity index (χ0n) is 20.2.